The number of amides is 2. The van der Waals surface area contributed by atoms with Crippen molar-refractivity contribution in [3.8, 4) is 0 Å². The summed E-state index contributed by atoms with van der Waals surface area (Å²) in [6.45, 7) is 3.94. The summed E-state index contributed by atoms with van der Waals surface area (Å²) >= 11 is 1.78. The number of hydrogen-bond donors (Lipinski definition) is 2. The number of allylic oxidation sites excluding steroid dienone is 2. The SMILES string of the molecule is CN=C(NCCN1C(=O)C2C3C=CC(C3)C2C1=O)NCC(C)Cc1cccs1.I. The number of imide groups is 1. The number of likely N-dealkylation sites (tertiary alicyclic amines) is 1. The summed E-state index contributed by atoms with van der Waals surface area (Å²) in [6.07, 6.45) is 6.26. The van der Waals surface area contributed by atoms with E-state index in [4.69, 9.17) is 0 Å². The van der Waals surface area contributed by atoms with Crippen molar-refractivity contribution in [2.45, 2.75) is 19.8 Å². The van der Waals surface area contributed by atoms with Gasteiger partial charge in [-0.1, -0.05) is 25.1 Å². The fraction of sp³-hybridized carbons (Fsp3) is 0.571. The van der Waals surface area contributed by atoms with Gasteiger partial charge in [0.2, 0.25) is 11.8 Å². The molecule has 2 heterocycles. The normalized spacial score (nSPS) is 28.5. The lowest BCUT2D eigenvalue weighted by Gasteiger charge is -2.19. The van der Waals surface area contributed by atoms with E-state index in [0.29, 0.717) is 25.0 Å². The molecule has 1 aliphatic heterocycles. The monoisotopic (exact) mass is 528 g/mol. The van der Waals surface area contributed by atoms with Crippen molar-refractivity contribution >= 4 is 53.1 Å². The van der Waals surface area contributed by atoms with Gasteiger partial charge in [-0.05, 0) is 42.0 Å². The van der Waals surface area contributed by atoms with Crippen LogP contribution in [0, 0.1) is 29.6 Å². The third-order valence-corrected chi connectivity index (χ3v) is 7.06. The van der Waals surface area contributed by atoms with Crippen LogP contribution in [0.15, 0.2) is 34.7 Å². The maximum Gasteiger partial charge on any atom is 0.233 e. The van der Waals surface area contributed by atoms with Crippen molar-refractivity contribution in [1.82, 2.24) is 15.5 Å². The van der Waals surface area contributed by atoms with Crippen LogP contribution in [0.3, 0.4) is 0 Å². The van der Waals surface area contributed by atoms with E-state index < -0.39 is 0 Å². The molecule has 4 rings (SSSR count). The number of hydrogen-bond acceptors (Lipinski definition) is 4. The van der Waals surface area contributed by atoms with Crippen molar-refractivity contribution in [2.24, 2.45) is 34.6 Å². The largest absolute Gasteiger partial charge is 0.356 e. The Balaban J connectivity index is 0.00000240. The van der Waals surface area contributed by atoms with E-state index >= 15 is 0 Å². The van der Waals surface area contributed by atoms with Crippen LogP contribution in [0.4, 0.5) is 0 Å². The van der Waals surface area contributed by atoms with Gasteiger partial charge in [-0.25, -0.2) is 0 Å². The first-order chi connectivity index (χ1) is 13.6. The van der Waals surface area contributed by atoms with Crippen LogP contribution in [-0.4, -0.2) is 49.4 Å². The van der Waals surface area contributed by atoms with Crippen LogP contribution in [0.1, 0.15) is 18.2 Å². The number of nitrogens with one attached hydrogen (secondary N) is 2. The second-order valence-electron chi connectivity index (χ2n) is 8.10. The van der Waals surface area contributed by atoms with Crippen LogP contribution in [0.25, 0.3) is 0 Å². The highest BCUT2D eigenvalue weighted by molar-refractivity contribution is 14.0. The zero-order valence-corrected chi connectivity index (χ0v) is 20.0. The predicted molar refractivity (Wildman–Crippen MR) is 126 cm³/mol. The van der Waals surface area contributed by atoms with E-state index in [9.17, 15) is 9.59 Å². The van der Waals surface area contributed by atoms with Gasteiger partial charge < -0.3 is 10.6 Å². The van der Waals surface area contributed by atoms with Crippen molar-refractivity contribution in [3.63, 3.8) is 0 Å². The van der Waals surface area contributed by atoms with E-state index in [1.165, 1.54) is 9.78 Å². The topological polar surface area (TPSA) is 73.8 Å². The Kier molecular flexibility index (Phi) is 7.37. The lowest BCUT2D eigenvalue weighted by molar-refractivity contribution is -0.140. The van der Waals surface area contributed by atoms with Crippen molar-refractivity contribution < 1.29 is 9.59 Å². The number of carbonyl (C=O) groups excluding carboxylic acids is 2. The third-order valence-electron chi connectivity index (χ3n) is 6.16. The minimum absolute atomic E-state index is 0. The molecule has 1 aromatic rings. The molecule has 6 nitrogen and oxygen atoms in total. The maximum absolute atomic E-state index is 12.7. The van der Waals surface area contributed by atoms with Crippen LogP contribution in [0.2, 0.25) is 0 Å². The highest BCUT2D eigenvalue weighted by atomic mass is 127. The van der Waals surface area contributed by atoms with Crippen LogP contribution in [-0.2, 0) is 16.0 Å². The molecule has 158 valence electrons. The Bertz CT molecular complexity index is 765. The second-order valence-corrected chi connectivity index (χ2v) is 9.13. The molecule has 2 amide bonds. The molecule has 1 saturated carbocycles. The Hall–Kier alpha value is -1.42. The summed E-state index contributed by atoms with van der Waals surface area (Å²) in [7, 11) is 1.74. The average molecular weight is 528 g/mol. The molecule has 2 bridgehead atoms. The number of rotatable bonds is 7. The number of aliphatic imine (C=N–C) groups is 1. The summed E-state index contributed by atoms with van der Waals surface area (Å²) in [5, 5.41) is 8.68. The highest BCUT2D eigenvalue weighted by Gasteiger charge is 2.58. The zero-order valence-electron chi connectivity index (χ0n) is 16.8. The van der Waals surface area contributed by atoms with Crippen LogP contribution in [0.5, 0.6) is 0 Å². The summed E-state index contributed by atoms with van der Waals surface area (Å²) in [5.74, 6) is 1.53. The molecule has 2 fully saturated rings. The summed E-state index contributed by atoms with van der Waals surface area (Å²) in [4.78, 5) is 32.5. The van der Waals surface area contributed by atoms with Gasteiger partial charge in [-0.3, -0.25) is 19.5 Å². The Labute approximate surface area is 193 Å². The summed E-state index contributed by atoms with van der Waals surface area (Å²) in [5.41, 5.74) is 0. The molecule has 0 spiro atoms. The Morgan fingerprint density at radius 1 is 1.24 bits per heavy atom. The fourth-order valence-electron chi connectivity index (χ4n) is 4.81. The number of nitrogens with zero attached hydrogens (tertiary/aromatic N) is 2. The molecule has 1 aromatic heterocycles. The van der Waals surface area contributed by atoms with Crippen LogP contribution < -0.4 is 10.6 Å². The predicted octanol–water partition coefficient (Wildman–Crippen LogP) is 2.52. The maximum atomic E-state index is 12.7. The minimum Gasteiger partial charge on any atom is -0.356 e. The number of thiophene rings is 1. The Morgan fingerprint density at radius 2 is 1.93 bits per heavy atom. The van der Waals surface area contributed by atoms with E-state index in [0.717, 1.165) is 19.4 Å². The van der Waals surface area contributed by atoms with Crippen molar-refractivity contribution in [3.05, 3.63) is 34.5 Å². The fourth-order valence-corrected chi connectivity index (χ4v) is 5.68. The van der Waals surface area contributed by atoms with Gasteiger partial charge in [0.15, 0.2) is 5.96 Å². The average Bonchev–Trinajstić information content (AvgIpc) is 3.46. The molecule has 8 heteroatoms. The molecular formula is C21H29IN4O2S. The van der Waals surface area contributed by atoms with Gasteiger partial charge in [0, 0.05) is 31.6 Å². The lowest BCUT2D eigenvalue weighted by atomic mass is 9.85. The number of guanidine groups is 1. The van der Waals surface area contributed by atoms with Gasteiger partial charge in [0.25, 0.3) is 0 Å². The highest BCUT2D eigenvalue weighted by Crippen LogP contribution is 2.52. The molecule has 0 aromatic carbocycles. The third kappa shape index (κ3) is 4.52. The summed E-state index contributed by atoms with van der Waals surface area (Å²) < 4.78 is 0. The van der Waals surface area contributed by atoms with Gasteiger partial charge in [0.05, 0.1) is 11.8 Å². The van der Waals surface area contributed by atoms with Crippen molar-refractivity contribution in [2.75, 3.05) is 26.7 Å². The number of halogens is 1. The smallest absolute Gasteiger partial charge is 0.233 e. The standard InChI is InChI=1S/C21H28N4O2S.HI/c1-13(10-16-4-3-9-28-16)12-24-21(22-2)23-7-8-25-19(26)17-14-5-6-15(11-14)18(17)20(25)27;/h3-6,9,13-15,17-18H,7-8,10-12H2,1-2H3,(H2,22,23,24);1H. The molecule has 1 saturated heterocycles. The molecule has 5 atom stereocenters. The molecule has 2 aliphatic carbocycles. The first-order valence-electron chi connectivity index (χ1n) is 10.1. The van der Waals surface area contributed by atoms with Gasteiger partial charge in [-0.15, -0.1) is 35.3 Å². The van der Waals surface area contributed by atoms with E-state index in [-0.39, 0.29) is 59.5 Å². The van der Waals surface area contributed by atoms with Crippen LogP contribution >= 0.6 is 35.3 Å². The molecular weight excluding hydrogens is 499 g/mol. The lowest BCUT2D eigenvalue weighted by Crippen LogP contribution is -2.44. The molecule has 2 N–H and O–H groups in total. The van der Waals surface area contributed by atoms with Gasteiger partial charge in [0.1, 0.15) is 0 Å². The minimum atomic E-state index is -0.113. The molecule has 29 heavy (non-hydrogen) atoms. The first kappa shape index (κ1) is 22.3. The first-order valence-corrected chi connectivity index (χ1v) is 11.0. The summed E-state index contributed by atoms with van der Waals surface area (Å²) in [6, 6.07) is 4.24. The van der Waals surface area contributed by atoms with Gasteiger partial charge in [-0.2, -0.15) is 0 Å². The molecule has 5 unspecified atom stereocenters. The van der Waals surface area contributed by atoms with E-state index in [2.05, 4.69) is 52.2 Å². The van der Waals surface area contributed by atoms with E-state index in [1.54, 1.807) is 18.4 Å². The number of fused-ring (bicyclic) bond motifs is 5. The van der Waals surface area contributed by atoms with Gasteiger partial charge >= 0.3 is 0 Å². The zero-order chi connectivity index (χ0) is 19.7. The van der Waals surface area contributed by atoms with E-state index in [1.807, 2.05) is 0 Å². The molecule has 3 aliphatic rings. The second kappa shape index (κ2) is 9.59. The Morgan fingerprint density at radius 3 is 2.52 bits per heavy atom. The number of carbonyl (C=O) groups is 2. The quantitative estimate of drug-likeness (QED) is 0.188. The van der Waals surface area contributed by atoms with Crippen molar-refractivity contribution in [1.29, 1.82) is 0 Å². The molecule has 0 radical (unpaired) electrons.